The van der Waals surface area contributed by atoms with Gasteiger partial charge < -0.3 is 5.73 Å². The van der Waals surface area contributed by atoms with E-state index in [2.05, 4.69) is 11.8 Å². The zero-order valence-electron chi connectivity index (χ0n) is 9.29. The summed E-state index contributed by atoms with van der Waals surface area (Å²) in [4.78, 5) is 2.27. The summed E-state index contributed by atoms with van der Waals surface area (Å²) in [6, 6.07) is 5.56. The molecule has 1 aromatic rings. The summed E-state index contributed by atoms with van der Waals surface area (Å²) in [5.41, 5.74) is 6.89. The Morgan fingerprint density at radius 3 is 2.88 bits per heavy atom. The maximum Gasteiger partial charge on any atom is 0.142 e. The van der Waals surface area contributed by atoms with Crippen LogP contribution in [0.2, 0.25) is 5.02 Å². The van der Waals surface area contributed by atoms with Gasteiger partial charge in [0, 0.05) is 25.2 Å². The first-order valence-corrected chi connectivity index (χ1v) is 5.89. The number of nitrogens with zero attached hydrogens (tertiary/aromatic N) is 1. The van der Waals surface area contributed by atoms with Gasteiger partial charge in [0.15, 0.2) is 0 Å². The molecule has 16 heavy (non-hydrogen) atoms. The van der Waals surface area contributed by atoms with Gasteiger partial charge in [0.05, 0.1) is 5.02 Å². The lowest BCUT2D eigenvalue weighted by atomic mass is 10.1. The Labute approximate surface area is 100 Å². The summed E-state index contributed by atoms with van der Waals surface area (Å²) in [5, 5.41) is 0.176. The van der Waals surface area contributed by atoms with Crippen molar-refractivity contribution >= 4 is 11.6 Å². The molecule has 2 N–H and O–H groups in total. The molecular formula is C12H16ClFN2. The highest BCUT2D eigenvalue weighted by Crippen LogP contribution is 2.21. The minimum atomic E-state index is -0.352. The van der Waals surface area contributed by atoms with Crippen LogP contribution in [0.5, 0.6) is 0 Å². The van der Waals surface area contributed by atoms with E-state index in [1.165, 1.54) is 6.07 Å². The van der Waals surface area contributed by atoms with Crippen LogP contribution in [-0.4, -0.2) is 23.5 Å². The molecule has 0 amide bonds. The van der Waals surface area contributed by atoms with Gasteiger partial charge in [-0.2, -0.15) is 0 Å². The van der Waals surface area contributed by atoms with E-state index in [-0.39, 0.29) is 16.9 Å². The van der Waals surface area contributed by atoms with Gasteiger partial charge in [-0.15, -0.1) is 0 Å². The molecular weight excluding hydrogens is 227 g/mol. The topological polar surface area (TPSA) is 29.3 Å². The van der Waals surface area contributed by atoms with Gasteiger partial charge in [-0.1, -0.05) is 17.7 Å². The maximum atomic E-state index is 13.3. The van der Waals surface area contributed by atoms with Crippen LogP contribution in [-0.2, 0) is 6.54 Å². The Morgan fingerprint density at radius 2 is 2.31 bits per heavy atom. The van der Waals surface area contributed by atoms with Crippen molar-refractivity contribution < 1.29 is 4.39 Å². The van der Waals surface area contributed by atoms with Gasteiger partial charge in [0.2, 0.25) is 0 Å². The standard InChI is InChI=1S/C12H16ClFN2/c1-8-12(15)4-5-16(8)7-9-2-3-10(13)11(14)6-9/h2-3,6,8,12H,4-5,7,15H2,1H3. The first kappa shape index (κ1) is 11.8. The molecule has 1 heterocycles. The molecule has 0 spiro atoms. The lowest BCUT2D eigenvalue weighted by Crippen LogP contribution is -2.36. The van der Waals surface area contributed by atoms with Crippen LogP contribution in [0, 0.1) is 5.82 Å². The lowest BCUT2D eigenvalue weighted by molar-refractivity contribution is 0.251. The van der Waals surface area contributed by atoms with Gasteiger partial charge in [-0.25, -0.2) is 4.39 Å². The molecule has 0 aromatic heterocycles. The Hall–Kier alpha value is -0.640. The summed E-state index contributed by atoms with van der Waals surface area (Å²) in [6.07, 6.45) is 1.01. The van der Waals surface area contributed by atoms with E-state index in [9.17, 15) is 4.39 Å². The molecule has 0 saturated carbocycles. The largest absolute Gasteiger partial charge is 0.326 e. The number of hydrogen-bond acceptors (Lipinski definition) is 2. The van der Waals surface area contributed by atoms with E-state index in [0.29, 0.717) is 6.04 Å². The molecule has 1 aliphatic heterocycles. The molecule has 2 rings (SSSR count). The molecule has 2 unspecified atom stereocenters. The van der Waals surface area contributed by atoms with Gasteiger partial charge in [-0.05, 0) is 31.0 Å². The van der Waals surface area contributed by atoms with E-state index in [1.54, 1.807) is 6.07 Å². The summed E-state index contributed by atoms with van der Waals surface area (Å²) >= 11 is 5.64. The predicted molar refractivity (Wildman–Crippen MR) is 63.9 cm³/mol. The Morgan fingerprint density at radius 1 is 1.56 bits per heavy atom. The van der Waals surface area contributed by atoms with Crippen LogP contribution in [0.15, 0.2) is 18.2 Å². The maximum absolute atomic E-state index is 13.3. The molecule has 1 saturated heterocycles. The van der Waals surface area contributed by atoms with Crippen LogP contribution in [0.25, 0.3) is 0 Å². The fourth-order valence-electron chi connectivity index (χ4n) is 2.13. The highest BCUT2D eigenvalue weighted by Gasteiger charge is 2.27. The van der Waals surface area contributed by atoms with Crippen molar-refractivity contribution in [3.05, 3.63) is 34.6 Å². The zero-order chi connectivity index (χ0) is 11.7. The molecule has 2 nitrogen and oxygen atoms in total. The normalized spacial score (nSPS) is 26.2. The van der Waals surface area contributed by atoms with Crippen molar-refractivity contribution in [2.24, 2.45) is 5.73 Å². The number of hydrogen-bond donors (Lipinski definition) is 1. The second-order valence-electron chi connectivity index (χ2n) is 4.41. The van der Waals surface area contributed by atoms with Gasteiger partial charge in [-0.3, -0.25) is 4.90 Å². The van der Waals surface area contributed by atoms with E-state index < -0.39 is 0 Å². The number of nitrogens with two attached hydrogens (primary N) is 1. The van der Waals surface area contributed by atoms with Crippen molar-refractivity contribution in [1.82, 2.24) is 4.90 Å². The fraction of sp³-hybridized carbons (Fsp3) is 0.500. The summed E-state index contributed by atoms with van der Waals surface area (Å²) in [7, 11) is 0. The molecule has 4 heteroatoms. The number of likely N-dealkylation sites (tertiary alicyclic amines) is 1. The smallest absolute Gasteiger partial charge is 0.142 e. The third kappa shape index (κ3) is 2.37. The summed E-state index contributed by atoms with van der Waals surface area (Å²) in [5.74, 6) is -0.352. The SMILES string of the molecule is CC1C(N)CCN1Cc1ccc(Cl)c(F)c1. The zero-order valence-corrected chi connectivity index (χ0v) is 10.0. The predicted octanol–water partition coefficient (Wildman–Crippen LogP) is 2.40. The highest BCUT2D eigenvalue weighted by molar-refractivity contribution is 6.30. The Balaban J connectivity index is 2.07. The first-order valence-electron chi connectivity index (χ1n) is 5.51. The summed E-state index contributed by atoms with van der Waals surface area (Å²) < 4.78 is 13.3. The second kappa shape index (κ2) is 4.70. The second-order valence-corrected chi connectivity index (χ2v) is 4.82. The number of benzene rings is 1. The van der Waals surface area contributed by atoms with Gasteiger partial charge in [0.25, 0.3) is 0 Å². The molecule has 1 aliphatic rings. The number of rotatable bonds is 2. The molecule has 0 aliphatic carbocycles. The van der Waals surface area contributed by atoms with Crippen molar-refractivity contribution in [2.75, 3.05) is 6.54 Å². The van der Waals surface area contributed by atoms with Gasteiger partial charge >= 0.3 is 0 Å². The highest BCUT2D eigenvalue weighted by atomic mass is 35.5. The lowest BCUT2D eigenvalue weighted by Gasteiger charge is -2.22. The fourth-order valence-corrected chi connectivity index (χ4v) is 2.24. The average molecular weight is 243 g/mol. The molecule has 0 bridgehead atoms. The average Bonchev–Trinajstić information content (AvgIpc) is 2.55. The van der Waals surface area contributed by atoms with Crippen LogP contribution < -0.4 is 5.73 Å². The third-order valence-electron chi connectivity index (χ3n) is 3.31. The Kier molecular flexibility index (Phi) is 3.47. The van der Waals surface area contributed by atoms with Crippen molar-refractivity contribution in [2.45, 2.75) is 32.0 Å². The van der Waals surface area contributed by atoms with Crippen LogP contribution in [0.4, 0.5) is 4.39 Å². The molecule has 2 atom stereocenters. The number of halogens is 2. The van der Waals surface area contributed by atoms with Crippen LogP contribution in [0.3, 0.4) is 0 Å². The molecule has 88 valence electrons. The molecule has 1 fully saturated rings. The quantitative estimate of drug-likeness (QED) is 0.863. The van der Waals surface area contributed by atoms with Crippen molar-refractivity contribution in [3.63, 3.8) is 0 Å². The minimum Gasteiger partial charge on any atom is -0.326 e. The first-order chi connectivity index (χ1) is 7.58. The van der Waals surface area contributed by atoms with Crippen molar-refractivity contribution in [1.29, 1.82) is 0 Å². The van der Waals surface area contributed by atoms with E-state index in [4.69, 9.17) is 17.3 Å². The van der Waals surface area contributed by atoms with E-state index in [1.807, 2.05) is 6.07 Å². The molecule has 1 aromatic carbocycles. The van der Waals surface area contributed by atoms with Crippen molar-refractivity contribution in [3.8, 4) is 0 Å². The third-order valence-corrected chi connectivity index (χ3v) is 3.62. The van der Waals surface area contributed by atoms with Crippen LogP contribution >= 0.6 is 11.6 Å². The monoisotopic (exact) mass is 242 g/mol. The van der Waals surface area contributed by atoms with E-state index >= 15 is 0 Å². The minimum absolute atomic E-state index is 0.176. The van der Waals surface area contributed by atoms with Crippen LogP contribution in [0.1, 0.15) is 18.9 Å². The summed E-state index contributed by atoms with van der Waals surface area (Å²) in [6.45, 7) is 3.83. The van der Waals surface area contributed by atoms with Gasteiger partial charge in [0.1, 0.15) is 5.82 Å². The van der Waals surface area contributed by atoms with E-state index in [0.717, 1.165) is 25.1 Å². The Bertz CT molecular complexity index is 383. The molecule has 0 radical (unpaired) electrons.